The topological polar surface area (TPSA) is 106 Å². The lowest BCUT2D eigenvalue weighted by Gasteiger charge is -2.09. The Hall–Kier alpha value is -2.26. The summed E-state index contributed by atoms with van der Waals surface area (Å²) in [5.74, 6) is 0.729. The van der Waals surface area contributed by atoms with Crippen LogP contribution in [0.25, 0.3) is 0 Å². The molecule has 8 nitrogen and oxygen atoms in total. The second-order valence-electron chi connectivity index (χ2n) is 6.04. The van der Waals surface area contributed by atoms with Crippen molar-refractivity contribution in [1.82, 2.24) is 24.8 Å². The van der Waals surface area contributed by atoms with Crippen molar-refractivity contribution in [1.29, 1.82) is 0 Å². The highest BCUT2D eigenvalue weighted by Crippen LogP contribution is 2.28. The molecule has 0 spiro atoms. The van der Waals surface area contributed by atoms with E-state index in [1.165, 1.54) is 12.1 Å². The van der Waals surface area contributed by atoms with Crippen LogP contribution in [0.2, 0.25) is 0 Å². The number of nitrogens with one attached hydrogen (secondary N) is 2. The zero-order valence-corrected chi connectivity index (χ0v) is 14.8. The molecular formula is C16H21N5O3S. The average Bonchev–Trinajstić information content (AvgIpc) is 3.34. The number of carbonyl (C=O) groups excluding carboxylic acids is 1. The zero-order chi connectivity index (χ0) is 17.9. The maximum absolute atomic E-state index is 12.3. The first-order chi connectivity index (χ1) is 12.0. The van der Waals surface area contributed by atoms with Gasteiger partial charge in [0.25, 0.3) is 5.91 Å². The molecule has 1 fully saturated rings. The van der Waals surface area contributed by atoms with E-state index in [4.69, 9.17) is 0 Å². The molecule has 0 aliphatic heterocycles. The first kappa shape index (κ1) is 17.6. The van der Waals surface area contributed by atoms with Crippen LogP contribution in [-0.2, 0) is 23.1 Å². The number of amides is 1. The van der Waals surface area contributed by atoms with Crippen molar-refractivity contribution in [2.24, 2.45) is 5.92 Å². The lowest BCUT2D eigenvalue weighted by molar-refractivity contribution is 0.0949. The number of hydrogen-bond donors (Lipinski definition) is 2. The first-order valence-electron chi connectivity index (χ1n) is 8.24. The smallest absolute Gasteiger partial charge is 0.251 e. The number of aryl methyl sites for hydroxylation is 1. The normalized spacial score (nSPS) is 14.4. The standard InChI is InChI=1S/C16H21N5O3S/c1-2-21-11-18-20-15(21)10-17-16(22)13-4-3-5-14(8-13)25(23,24)19-9-12-6-7-12/h3-5,8,11-12,19H,2,6-7,9-10H2,1H3,(H,17,22). The minimum absolute atomic E-state index is 0.0949. The summed E-state index contributed by atoms with van der Waals surface area (Å²) in [5, 5.41) is 10.5. The molecule has 9 heteroatoms. The Kier molecular flexibility index (Phi) is 5.14. The lowest BCUT2D eigenvalue weighted by Crippen LogP contribution is -2.27. The van der Waals surface area contributed by atoms with Crippen LogP contribution < -0.4 is 10.0 Å². The molecule has 0 atom stereocenters. The molecular weight excluding hydrogens is 342 g/mol. The van der Waals surface area contributed by atoms with Gasteiger partial charge in [-0.05, 0) is 43.9 Å². The largest absolute Gasteiger partial charge is 0.345 e. The van der Waals surface area contributed by atoms with Crippen LogP contribution >= 0.6 is 0 Å². The third kappa shape index (κ3) is 4.43. The van der Waals surface area contributed by atoms with Crippen molar-refractivity contribution >= 4 is 15.9 Å². The monoisotopic (exact) mass is 363 g/mol. The Morgan fingerprint density at radius 2 is 2.16 bits per heavy atom. The van der Waals surface area contributed by atoms with Gasteiger partial charge in [-0.15, -0.1) is 10.2 Å². The van der Waals surface area contributed by atoms with Crippen molar-refractivity contribution in [3.05, 3.63) is 42.0 Å². The highest BCUT2D eigenvalue weighted by atomic mass is 32.2. The molecule has 0 unspecified atom stereocenters. The molecule has 1 amide bonds. The van der Waals surface area contributed by atoms with Gasteiger partial charge in [0.05, 0.1) is 11.4 Å². The van der Waals surface area contributed by atoms with Gasteiger partial charge in [-0.1, -0.05) is 6.07 Å². The van der Waals surface area contributed by atoms with Crippen LogP contribution in [0.5, 0.6) is 0 Å². The maximum atomic E-state index is 12.3. The number of rotatable bonds is 8. The van der Waals surface area contributed by atoms with E-state index < -0.39 is 10.0 Å². The maximum Gasteiger partial charge on any atom is 0.251 e. The molecule has 0 bridgehead atoms. The van der Waals surface area contributed by atoms with E-state index >= 15 is 0 Å². The van der Waals surface area contributed by atoms with Gasteiger partial charge < -0.3 is 9.88 Å². The fraction of sp³-hybridized carbons (Fsp3) is 0.438. The molecule has 1 aromatic heterocycles. The van der Waals surface area contributed by atoms with Gasteiger partial charge >= 0.3 is 0 Å². The summed E-state index contributed by atoms with van der Waals surface area (Å²) in [4.78, 5) is 12.4. The third-order valence-electron chi connectivity index (χ3n) is 4.11. The van der Waals surface area contributed by atoms with Crippen molar-refractivity contribution in [2.75, 3.05) is 6.54 Å². The number of carbonyl (C=O) groups is 1. The summed E-state index contributed by atoms with van der Waals surface area (Å²) >= 11 is 0. The van der Waals surface area contributed by atoms with E-state index in [1.54, 1.807) is 18.5 Å². The number of sulfonamides is 1. The molecule has 0 saturated heterocycles. The Morgan fingerprint density at radius 1 is 1.36 bits per heavy atom. The Morgan fingerprint density at radius 3 is 2.88 bits per heavy atom. The summed E-state index contributed by atoms with van der Waals surface area (Å²) in [6.07, 6.45) is 3.72. The minimum atomic E-state index is -3.60. The average molecular weight is 363 g/mol. The van der Waals surface area contributed by atoms with Crippen LogP contribution in [0, 0.1) is 5.92 Å². The molecule has 1 aliphatic carbocycles. The van der Waals surface area contributed by atoms with Crippen LogP contribution in [0.15, 0.2) is 35.5 Å². The summed E-state index contributed by atoms with van der Waals surface area (Å²) in [6, 6.07) is 6.02. The lowest BCUT2D eigenvalue weighted by atomic mass is 10.2. The van der Waals surface area contributed by atoms with Gasteiger partial charge in [-0.25, -0.2) is 13.1 Å². The summed E-state index contributed by atoms with van der Waals surface area (Å²) in [5.41, 5.74) is 0.289. The minimum Gasteiger partial charge on any atom is -0.345 e. The molecule has 1 saturated carbocycles. The van der Waals surface area contributed by atoms with Crippen molar-refractivity contribution in [2.45, 2.75) is 37.8 Å². The van der Waals surface area contributed by atoms with E-state index in [0.717, 1.165) is 12.8 Å². The molecule has 2 aromatic rings. The first-order valence-corrected chi connectivity index (χ1v) is 9.72. The van der Waals surface area contributed by atoms with Gasteiger partial charge in [0, 0.05) is 18.7 Å². The Labute approximate surface area is 146 Å². The molecule has 1 aliphatic rings. The Balaban J connectivity index is 1.66. The molecule has 1 aromatic carbocycles. The van der Waals surface area contributed by atoms with Crippen molar-refractivity contribution in [3.8, 4) is 0 Å². The van der Waals surface area contributed by atoms with Gasteiger partial charge in [0.15, 0.2) is 5.82 Å². The quantitative estimate of drug-likeness (QED) is 0.725. The van der Waals surface area contributed by atoms with Gasteiger partial charge in [-0.2, -0.15) is 0 Å². The molecule has 2 N–H and O–H groups in total. The van der Waals surface area contributed by atoms with Gasteiger partial charge in [-0.3, -0.25) is 4.79 Å². The second kappa shape index (κ2) is 7.32. The third-order valence-corrected chi connectivity index (χ3v) is 5.53. The van der Waals surface area contributed by atoms with Gasteiger partial charge in [0.1, 0.15) is 6.33 Å². The summed E-state index contributed by atoms with van der Waals surface area (Å²) in [7, 11) is -3.60. The van der Waals surface area contributed by atoms with E-state index in [1.807, 2.05) is 11.5 Å². The molecule has 134 valence electrons. The molecule has 0 radical (unpaired) electrons. The highest BCUT2D eigenvalue weighted by Gasteiger charge is 2.24. The predicted octanol–water partition coefficient (Wildman–Crippen LogP) is 0.916. The second-order valence-corrected chi connectivity index (χ2v) is 7.81. The van der Waals surface area contributed by atoms with E-state index in [2.05, 4.69) is 20.2 Å². The van der Waals surface area contributed by atoms with Crippen molar-refractivity contribution in [3.63, 3.8) is 0 Å². The zero-order valence-electron chi connectivity index (χ0n) is 14.0. The fourth-order valence-corrected chi connectivity index (χ4v) is 3.54. The van der Waals surface area contributed by atoms with Gasteiger partial charge in [0.2, 0.25) is 10.0 Å². The number of benzene rings is 1. The van der Waals surface area contributed by atoms with E-state index in [-0.39, 0.29) is 22.9 Å². The predicted molar refractivity (Wildman–Crippen MR) is 91.2 cm³/mol. The summed E-state index contributed by atoms with van der Waals surface area (Å²) in [6.45, 7) is 3.34. The molecule has 3 rings (SSSR count). The van der Waals surface area contributed by atoms with Crippen molar-refractivity contribution < 1.29 is 13.2 Å². The van der Waals surface area contributed by atoms with Crippen LogP contribution in [0.1, 0.15) is 35.9 Å². The highest BCUT2D eigenvalue weighted by molar-refractivity contribution is 7.89. The number of nitrogens with zero attached hydrogens (tertiary/aromatic N) is 3. The number of aromatic nitrogens is 3. The van der Waals surface area contributed by atoms with Crippen LogP contribution in [0.4, 0.5) is 0 Å². The fourth-order valence-electron chi connectivity index (χ4n) is 2.38. The Bertz CT molecular complexity index is 858. The SMILES string of the molecule is CCn1cnnc1CNC(=O)c1cccc(S(=O)(=O)NCC2CC2)c1. The van der Waals surface area contributed by atoms with Crippen LogP contribution in [-0.4, -0.2) is 35.6 Å². The molecule has 1 heterocycles. The van der Waals surface area contributed by atoms with E-state index in [9.17, 15) is 13.2 Å². The van der Waals surface area contributed by atoms with E-state index in [0.29, 0.717) is 24.8 Å². The summed E-state index contributed by atoms with van der Waals surface area (Å²) < 4.78 is 29.0. The van der Waals surface area contributed by atoms with Crippen LogP contribution in [0.3, 0.4) is 0 Å². The molecule has 25 heavy (non-hydrogen) atoms. The number of hydrogen-bond acceptors (Lipinski definition) is 5.